The molecule has 3 rings (SSSR count). The molecule has 3 N–H and O–H groups in total. The maximum Gasteiger partial charge on any atom is 0.248 e. The van der Waals surface area contributed by atoms with E-state index in [1.165, 1.54) is 0 Å². The van der Waals surface area contributed by atoms with Crippen molar-refractivity contribution in [3.05, 3.63) is 47.6 Å². The van der Waals surface area contributed by atoms with Crippen molar-refractivity contribution in [1.29, 1.82) is 0 Å². The molecule has 6 nitrogen and oxygen atoms in total. The van der Waals surface area contributed by atoms with E-state index in [1.54, 1.807) is 0 Å². The average molecular weight is 314 g/mol. The molecule has 0 radical (unpaired) electrons. The zero-order valence-corrected chi connectivity index (χ0v) is 13.2. The van der Waals surface area contributed by atoms with Gasteiger partial charge in [-0.05, 0) is 31.7 Å². The third-order valence-electron chi connectivity index (χ3n) is 4.26. The summed E-state index contributed by atoms with van der Waals surface area (Å²) in [7, 11) is 0. The summed E-state index contributed by atoms with van der Waals surface area (Å²) in [6.07, 6.45) is 3.13. The number of rotatable bonds is 5. The molecule has 0 aliphatic heterocycles. The van der Waals surface area contributed by atoms with Gasteiger partial charge in [0.25, 0.3) is 0 Å². The zero-order valence-electron chi connectivity index (χ0n) is 13.2. The third kappa shape index (κ3) is 3.96. The van der Waals surface area contributed by atoms with Crippen LogP contribution >= 0.6 is 0 Å². The van der Waals surface area contributed by atoms with E-state index in [2.05, 4.69) is 15.5 Å². The fourth-order valence-corrected chi connectivity index (χ4v) is 2.94. The van der Waals surface area contributed by atoms with Gasteiger partial charge in [-0.15, -0.1) is 0 Å². The smallest absolute Gasteiger partial charge is 0.248 e. The van der Waals surface area contributed by atoms with E-state index in [4.69, 9.17) is 10.3 Å². The summed E-state index contributed by atoms with van der Waals surface area (Å²) in [5.41, 5.74) is 6.98. The van der Waals surface area contributed by atoms with Crippen molar-refractivity contribution in [2.24, 2.45) is 11.7 Å². The molecule has 3 atom stereocenters. The Morgan fingerprint density at radius 2 is 2.17 bits per heavy atom. The van der Waals surface area contributed by atoms with Crippen LogP contribution in [0.2, 0.25) is 0 Å². The summed E-state index contributed by atoms with van der Waals surface area (Å²) >= 11 is 0. The molecule has 0 bridgehead atoms. The van der Waals surface area contributed by atoms with E-state index in [0.717, 1.165) is 24.8 Å². The number of benzene rings is 1. The van der Waals surface area contributed by atoms with E-state index < -0.39 is 0 Å². The maximum atomic E-state index is 12.2. The molecule has 1 fully saturated rings. The minimum absolute atomic E-state index is 0.000777. The Hall–Kier alpha value is -2.21. The van der Waals surface area contributed by atoms with Crippen LogP contribution in [-0.4, -0.2) is 22.1 Å². The number of amides is 1. The Morgan fingerprint density at radius 1 is 1.39 bits per heavy atom. The zero-order chi connectivity index (χ0) is 16.2. The van der Waals surface area contributed by atoms with Crippen LogP contribution in [0.5, 0.6) is 0 Å². The highest BCUT2D eigenvalue weighted by Crippen LogP contribution is 2.25. The van der Waals surface area contributed by atoms with Gasteiger partial charge in [0.2, 0.25) is 11.8 Å². The summed E-state index contributed by atoms with van der Waals surface area (Å²) in [6.45, 7) is 1.85. The van der Waals surface area contributed by atoms with Gasteiger partial charge >= 0.3 is 0 Å². The molecule has 2 aromatic rings. The number of aromatic nitrogens is 2. The van der Waals surface area contributed by atoms with Crippen LogP contribution in [0.1, 0.15) is 49.5 Å². The summed E-state index contributed by atoms with van der Waals surface area (Å²) in [4.78, 5) is 16.6. The summed E-state index contributed by atoms with van der Waals surface area (Å²) < 4.78 is 5.28. The summed E-state index contributed by atoms with van der Waals surface area (Å²) in [6, 6.07) is 9.81. The normalized spacial score (nSPS) is 22.0. The van der Waals surface area contributed by atoms with Crippen LogP contribution < -0.4 is 11.1 Å². The molecule has 1 aliphatic carbocycles. The molecule has 122 valence electrons. The van der Waals surface area contributed by atoms with Crippen LogP contribution in [0, 0.1) is 5.92 Å². The van der Waals surface area contributed by atoms with Crippen LogP contribution in [0.3, 0.4) is 0 Å². The molecule has 1 aromatic heterocycles. The van der Waals surface area contributed by atoms with Crippen LogP contribution in [0.4, 0.5) is 0 Å². The van der Waals surface area contributed by atoms with Crippen molar-refractivity contribution < 1.29 is 9.32 Å². The molecule has 1 aliphatic rings. The lowest BCUT2D eigenvalue weighted by molar-refractivity contribution is -0.125. The third-order valence-corrected chi connectivity index (χ3v) is 4.26. The molecular formula is C17H22N4O2. The molecule has 3 unspecified atom stereocenters. The van der Waals surface area contributed by atoms with Crippen molar-refractivity contribution in [2.75, 3.05) is 0 Å². The summed E-state index contributed by atoms with van der Waals surface area (Å²) in [5, 5.41) is 6.94. The van der Waals surface area contributed by atoms with Crippen molar-refractivity contribution in [3.63, 3.8) is 0 Å². The van der Waals surface area contributed by atoms with Crippen LogP contribution in [0.25, 0.3) is 0 Å². The minimum Gasteiger partial charge on any atom is -0.344 e. The highest BCUT2D eigenvalue weighted by Gasteiger charge is 2.29. The number of nitrogens with two attached hydrogens (primary N) is 1. The molecule has 1 amide bonds. The maximum absolute atomic E-state index is 12.2. The largest absolute Gasteiger partial charge is 0.344 e. The molecular weight excluding hydrogens is 292 g/mol. The second kappa shape index (κ2) is 6.91. The predicted octanol–water partition coefficient (Wildman–Crippen LogP) is 1.97. The number of carbonyl (C=O) groups is 1. The van der Waals surface area contributed by atoms with E-state index in [-0.39, 0.29) is 23.9 Å². The first-order valence-corrected chi connectivity index (χ1v) is 8.04. The highest BCUT2D eigenvalue weighted by atomic mass is 16.5. The molecule has 1 heterocycles. The standard InChI is InChI=1S/C17H22N4O2/c1-11(19-16(22)13-7-8-14(18)10-13)17-20-15(21-23-17)9-12-5-3-2-4-6-12/h2-6,11,13-14H,7-10,18H2,1H3,(H,19,22). The predicted molar refractivity (Wildman–Crippen MR) is 85.4 cm³/mol. The fourth-order valence-electron chi connectivity index (χ4n) is 2.94. The second-order valence-electron chi connectivity index (χ2n) is 6.21. The van der Waals surface area contributed by atoms with Gasteiger partial charge in [-0.25, -0.2) is 0 Å². The van der Waals surface area contributed by atoms with Gasteiger partial charge in [-0.3, -0.25) is 4.79 Å². The molecule has 1 aromatic carbocycles. The van der Waals surface area contributed by atoms with E-state index >= 15 is 0 Å². The lowest BCUT2D eigenvalue weighted by Crippen LogP contribution is -2.32. The number of hydrogen-bond acceptors (Lipinski definition) is 5. The molecule has 1 saturated carbocycles. The van der Waals surface area contributed by atoms with Crippen molar-refractivity contribution in [3.8, 4) is 0 Å². The Labute approximate surface area is 135 Å². The van der Waals surface area contributed by atoms with Crippen molar-refractivity contribution >= 4 is 5.91 Å². The highest BCUT2D eigenvalue weighted by molar-refractivity contribution is 5.79. The first-order valence-electron chi connectivity index (χ1n) is 8.04. The van der Waals surface area contributed by atoms with Crippen LogP contribution in [-0.2, 0) is 11.2 Å². The molecule has 0 saturated heterocycles. The Bertz CT molecular complexity index is 656. The van der Waals surface area contributed by atoms with Gasteiger partial charge in [0, 0.05) is 18.4 Å². The van der Waals surface area contributed by atoms with E-state index in [0.29, 0.717) is 18.1 Å². The van der Waals surface area contributed by atoms with Crippen LogP contribution in [0.15, 0.2) is 34.9 Å². The first-order chi connectivity index (χ1) is 11.1. The molecule has 23 heavy (non-hydrogen) atoms. The Balaban J connectivity index is 1.58. The monoisotopic (exact) mass is 314 g/mol. The quantitative estimate of drug-likeness (QED) is 0.880. The van der Waals surface area contributed by atoms with E-state index in [9.17, 15) is 4.79 Å². The van der Waals surface area contributed by atoms with Gasteiger partial charge in [-0.1, -0.05) is 35.5 Å². The van der Waals surface area contributed by atoms with Crippen molar-refractivity contribution in [2.45, 2.75) is 44.7 Å². The van der Waals surface area contributed by atoms with Gasteiger partial charge in [0.1, 0.15) is 6.04 Å². The number of nitrogens with zero attached hydrogens (tertiary/aromatic N) is 2. The van der Waals surface area contributed by atoms with Gasteiger partial charge in [0.15, 0.2) is 5.82 Å². The number of nitrogens with one attached hydrogen (secondary N) is 1. The number of hydrogen-bond donors (Lipinski definition) is 2. The molecule has 0 spiro atoms. The minimum atomic E-state index is -0.295. The fraction of sp³-hybridized carbons (Fsp3) is 0.471. The van der Waals surface area contributed by atoms with E-state index in [1.807, 2.05) is 37.3 Å². The SMILES string of the molecule is CC(NC(=O)C1CCC(N)C1)c1nc(Cc2ccccc2)no1. The second-order valence-corrected chi connectivity index (χ2v) is 6.21. The number of carbonyl (C=O) groups excluding carboxylic acids is 1. The van der Waals surface area contributed by atoms with Gasteiger partial charge in [0.05, 0.1) is 0 Å². The van der Waals surface area contributed by atoms with Gasteiger partial charge in [-0.2, -0.15) is 4.98 Å². The Morgan fingerprint density at radius 3 is 2.87 bits per heavy atom. The van der Waals surface area contributed by atoms with Gasteiger partial charge < -0.3 is 15.6 Å². The van der Waals surface area contributed by atoms with Crippen molar-refractivity contribution in [1.82, 2.24) is 15.5 Å². The lowest BCUT2D eigenvalue weighted by atomic mass is 10.1. The summed E-state index contributed by atoms with van der Waals surface area (Å²) in [5.74, 6) is 1.08. The molecule has 6 heteroatoms. The lowest BCUT2D eigenvalue weighted by Gasteiger charge is -2.13. The topological polar surface area (TPSA) is 94.0 Å². The first kappa shape index (κ1) is 15.7. The Kier molecular flexibility index (Phi) is 4.71. The average Bonchev–Trinajstić information content (AvgIpc) is 3.17.